The van der Waals surface area contributed by atoms with E-state index in [1.807, 2.05) is 97.1 Å². The zero-order valence-electron chi connectivity index (χ0n) is 32.9. The summed E-state index contributed by atoms with van der Waals surface area (Å²) >= 11 is 0. The topological polar surface area (TPSA) is 51.6 Å². The molecule has 10 aromatic rings. The molecule has 4 nitrogen and oxygen atoms in total. The number of aromatic nitrogens is 4. The number of hydrogen-bond donors (Lipinski definition) is 0. The maximum atomic E-state index is 4.69. The predicted molar refractivity (Wildman–Crippen MR) is 256 cm³/mol. The van der Waals surface area contributed by atoms with Crippen LogP contribution in [0.15, 0.2) is 194 Å². The SMILES string of the molecule is C(=C\c1ccc2ccccc2n1)/c1ccc(/C=C/c2ccc3ccccc3n2)cc1.C(=C\c1ccc2ccccc2n1)/c1ccc(/C=C/c2ccc3ccccc3n2)cc1. The minimum absolute atomic E-state index is 0.958. The fraction of sp³-hybridized carbons (Fsp3) is 0. The molecule has 0 atom stereocenters. The third-order valence-corrected chi connectivity index (χ3v) is 10.1. The average Bonchev–Trinajstić information content (AvgIpc) is 3.32. The summed E-state index contributed by atoms with van der Waals surface area (Å²) in [5.74, 6) is 0. The van der Waals surface area contributed by atoms with E-state index in [0.29, 0.717) is 0 Å². The standard InChI is InChI=1S/2C28H20N2/c2*1-3-7-27-23(5-1)15-19-25(29-27)17-13-21-9-11-22(12-10-21)14-18-26-20-16-24-6-2-4-8-28(24)30-26/h2*1-20H/b2*17-13+,18-14+. The van der Waals surface area contributed by atoms with E-state index in [-0.39, 0.29) is 0 Å². The Balaban J connectivity index is 0.000000154. The van der Waals surface area contributed by atoms with Crippen LogP contribution in [0.3, 0.4) is 0 Å². The Morgan fingerprint density at radius 2 is 0.417 bits per heavy atom. The monoisotopic (exact) mass is 768 g/mol. The van der Waals surface area contributed by atoms with Crippen molar-refractivity contribution in [2.75, 3.05) is 0 Å². The summed E-state index contributed by atoms with van der Waals surface area (Å²) in [5.41, 5.74) is 12.5. The van der Waals surface area contributed by atoms with Gasteiger partial charge in [-0.1, -0.05) is 170 Å². The van der Waals surface area contributed by atoms with Gasteiger partial charge in [0.2, 0.25) is 0 Å². The molecule has 0 fully saturated rings. The van der Waals surface area contributed by atoms with Gasteiger partial charge in [-0.3, -0.25) is 0 Å². The van der Waals surface area contributed by atoms with Crippen molar-refractivity contribution in [1.82, 2.24) is 19.9 Å². The van der Waals surface area contributed by atoms with Gasteiger partial charge in [0.05, 0.1) is 44.8 Å². The number of para-hydroxylation sites is 4. The lowest BCUT2D eigenvalue weighted by molar-refractivity contribution is 1.37. The Morgan fingerprint density at radius 1 is 0.200 bits per heavy atom. The first-order valence-electron chi connectivity index (χ1n) is 20.0. The van der Waals surface area contributed by atoms with Crippen LogP contribution in [0.5, 0.6) is 0 Å². The Morgan fingerprint density at radius 3 is 0.650 bits per heavy atom. The van der Waals surface area contributed by atoms with Crippen LogP contribution in [0, 0.1) is 0 Å². The highest BCUT2D eigenvalue weighted by Crippen LogP contribution is 2.19. The molecule has 0 unspecified atom stereocenters. The van der Waals surface area contributed by atoms with Gasteiger partial charge < -0.3 is 0 Å². The van der Waals surface area contributed by atoms with Gasteiger partial charge in [-0.2, -0.15) is 0 Å². The molecule has 10 rings (SSSR count). The Labute approximate surface area is 349 Å². The summed E-state index contributed by atoms with van der Waals surface area (Å²) in [6.07, 6.45) is 16.6. The summed E-state index contributed by atoms with van der Waals surface area (Å²) in [4.78, 5) is 18.8. The smallest absolute Gasteiger partial charge is 0.0709 e. The van der Waals surface area contributed by atoms with Crippen molar-refractivity contribution in [3.05, 3.63) is 239 Å². The van der Waals surface area contributed by atoms with Gasteiger partial charge >= 0.3 is 0 Å². The van der Waals surface area contributed by atoms with Crippen LogP contribution in [0.25, 0.3) is 92.2 Å². The molecule has 4 heterocycles. The van der Waals surface area contributed by atoms with E-state index in [4.69, 9.17) is 0 Å². The second-order valence-electron chi connectivity index (χ2n) is 14.4. The van der Waals surface area contributed by atoms with Crippen molar-refractivity contribution < 1.29 is 0 Å². The molecular formula is C56H40N4. The summed E-state index contributed by atoms with van der Waals surface area (Å²) in [5, 5.41) is 4.64. The molecule has 0 saturated carbocycles. The molecule has 6 aromatic carbocycles. The van der Waals surface area contributed by atoms with Gasteiger partial charge in [0.25, 0.3) is 0 Å². The third-order valence-electron chi connectivity index (χ3n) is 10.1. The molecular weight excluding hydrogens is 729 g/mol. The van der Waals surface area contributed by atoms with Crippen molar-refractivity contribution in [3.63, 3.8) is 0 Å². The lowest BCUT2D eigenvalue weighted by Crippen LogP contribution is -1.83. The lowest BCUT2D eigenvalue weighted by atomic mass is 10.1. The fourth-order valence-corrected chi connectivity index (χ4v) is 6.86. The zero-order chi connectivity index (χ0) is 40.4. The van der Waals surface area contributed by atoms with E-state index in [9.17, 15) is 0 Å². The average molecular weight is 769 g/mol. The van der Waals surface area contributed by atoms with Crippen molar-refractivity contribution in [2.45, 2.75) is 0 Å². The molecule has 0 aliphatic heterocycles. The predicted octanol–water partition coefficient (Wildman–Crippen LogP) is 14.2. The molecule has 0 saturated heterocycles. The van der Waals surface area contributed by atoms with E-state index in [1.165, 1.54) is 0 Å². The van der Waals surface area contributed by atoms with Crippen LogP contribution < -0.4 is 0 Å². The van der Waals surface area contributed by atoms with Crippen LogP contribution >= 0.6 is 0 Å². The second kappa shape index (κ2) is 18.0. The maximum Gasteiger partial charge on any atom is 0.0709 e. The Bertz CT molecular complexity index is 2760. The molecule has 0 radical (unpaired) electrons. The van der Waals surface area contributed by atoms with Crippen LogP contribution in [0.1, 0.15) is 45.0 Å². The Kier molecular flexibility index (Phi) is 11.3. The van der Waals surface area contributed by atoms with Crippen molar-refractivity contribution in [1.29, 1.82) is 0 Å². The highest BCUT2D eigenvalue weighted by atomic mass is 14.7. The molecule has 4 heteroatoms. The van der Waals surface area contributed by atoms with Crippen LogP contribution in [0.4, 0.5) is 0 Å². The van der Waals surface area contributed by atoms with E-state index in [0.717, 1.165) is 88.6 Å². The lowest BCUT2D eigenvalue weighted by Gasteiger charge is -2.00. The molecule has 60 heavy (non-hydrogen) atoms. The third kappa shape index (κ3) is 9.54. The van der Waals surface area contributed by atoms with Gasteiger partial charge in [0, 0.05) is 21.5 Å². The van der Waals surface area contributed by atoms with Crippen molar-refractivity contribution >= 4 is 92.2 Å². The molecule has 284 valence electrons. The molecule has 0 bridgehead atoms. The number of rotatable bonds is 8. The summed E-state index contributed by atoms with van der Waals surface area (Å²) in [6, 6.07) is 66.2. The minimum atomic E-state index is 0.958. The van der Waals surface area contributed by atoms with Crippen molar-refractivity contribution in [2.24, 2.45) is 0 Å². The summed E-state index contributed by atoms with van der Waals surface area (Å²) in [6.45, 7) is 0. The molecule has 0 spiro atoms. The molecule has 0 amide bonds. The number of fused-ring (bicyclic) bond motifs is 4. The zero-order valence-corrected chi connectivity index (χ0v) is 32.9. The first-order chi connectivity index (χ1) is 29.7. The summed E-state index contributed by atoms with van der Waals surface area (Å²) in [7, 11) is 0. The van der Waals surface area contributed by atoms with Gasteiger partial charge in [-0.15, -0.1) is 0 Å². The van der Waals surface area contributed by atoms with E-state index < -0.39 is 0 Å². The largest absolute Gasteiger partial charge is 0.248 e. The van der Waals surface area contributed by atoms with Crippen molar-refractivity contribution in [3.8, 4) is 0 Å². The highest BCUT2D eigenvalue weighted by Gasteiger charge is 1.99. The van der Waals surface area contributed by atoms with Gasteiger partial charge in [0.15, 0.2) is 0 Å². The van der Waals surface area contributed by atoms with Gasteiger partial charge in [0.1, 0.15) is 0 Å². The molecule has 0 aliphatic carbocycles. The first-order valence-corrected chi connectivity index (χ1v) is 20.0. The van der Waals surface area contributed by atoms with Crippen LogP contribution in [-0.4, -0.2) is 19.9 Å². The van der Waals surface area contributed by atoms with E-state index >= 15 is 0 Å². The second-order valence-corrected chi connectivity index (χ2v) is 14.4. The van der Waals surface area contributed by atoms with Crippen LogP contribution in [-0.2, 0) is 0 Å². The summed E-state index contributed by atoms with van der Waals surface area (Å²) < 4.78 is 0. The highest BCUT2D eigenvalue weighted by molar-refractivity contribution is 5.84. The molecule has 0 aliphatic rings. The number of pyridine rings is 4. The fourth-order valence-electron chi connectivity index (χ4n) is 6.86. The first kappa shape index (κ1) is 37.5. The number of hydrogen-bond acceptors (Lipinski definition) is 4. The van der Waals surface area contributed by atoms with Gasteiger partial charge in [-0.25, -0.2) is 19.9 Å². The van der Waals surface area contributed by atoms with E-state index in [2.05, 4.69) is 166 Å². The number of nitrogens with zero attached hydrogens (tertiary/aromatic N) is 4. The quantitative estimate of drug-likeness (QED) is 0.154. The van der Waals surface area contributed by atoms with Gasteiger partial charge in [-0.05, 0) is 95.1 Å². The number of benzene rings is 6. The van der Waals surface area contributed by atoms with E-state index in [1.54, 1.807) is 0 Å². The maximum absolute atomic E-state index is 4.69. The van der Waals surface area contributed by atoms with Crippen LogP contribution in [0.2, 0.25) is 0 Å². The molecule has 4 aromatic heterocycles. The molecule has 0 N–H and O–H groups in total. The Hall–Kier alpha value is -8.08. The minimum Gasteiger partial charge on any atom is -0.248 e. The normalized spacial score (nSPS) is 11.7.